The van der Waals surface area contributed by atoms with E-state index >= 15 is 0 Å². The van der Waals surface area contributed by atoms with Gasteiger partial charge in [0.05, 0.1) is 16.8 Å². The van der Waals surface area contributed by atoms with E-state index in [2.05, 4.69) is 43.7 Å². The van der Waals surface area contributed by atoms with Crippen LogP contribution in [0.1, 0.15) is 32.2 Å². The van der Waals surface area contributed by atoms with Crippen LogP contribution in [0.15, 0.2) is 21.0 Å². The zero-order valence-electron chi connectivity index (χ0n) is 11.6. The quantitative estimate of drug-likeness (QED) is 0.780. The summed E-state index contributed by atoms with van der Waals surface area (Å²) in [5, 5.41) is 14.2. The Morgan fingerprint density at radius 2 is 2.19 bits per heavy atom. The Labute approximate surface area is 135 Å². The number of hydrogen-bond donors (Lipinski definition) is 2. The molecule has 0 radical (unpaired) electrons. The van der Waals surface area contributed by atoms with Crippen molar-refractivity contribution in [3.63, 3.8) is 0 Å². The van der Waals surface area contributed by atoms with E-state index < -0.39 is 5.82 Å². The fraction of sp³-hybridized carbons (Fsp3) is 0.385. The highest BCUT2D eigenvalue weighted by atomic mass is 79.9. The molecule has 21 heavy (non-hydrogen) atoms. The molecule has 1 heterocycles. The second kappa shape index (κ2) is 7.20. The summed E-state index contributed by atoms with van der Waals surface area (Å²) in [5.41, 5.74) is 0.474. The molecule has 0 fully saturated rings. The minimum absolute atomic E-state index is 0.0415. The molecule has 0 aliphatic rings. The molecule has 5 nitrogen and oxygen atoms in total. The molecule has 0 saturated heterocycles. The van der Waals surface area contributed by atoms with Gasteiger partial charge < -0.3 is 15.1 Å². The monoisotopic (exact) mass is 376 g/mol. The molecule has 8 heteroatoms. The maximum atomic E-state index is 13.2. The van der Waals surface area contributed by atoms with Gasteiger partial charge in [0.25, 0.3) is 0 Å². The van der Waals surface area contributed by atoms with Gasteiger partial charge in [0.2, 0.25) is 5.89 Å². The van der Waals surface area contributed by atoms with E-state index in [-0.39, 0.29) is 17.1 Å². The van der Waals surface area contributed by atoms with Crippen molar-refractivity contribution in [2.45, 2.75) is 26.3 Å². The molecule has 1 aromatic carbocycles. The van der Waals surface area contributed by atoms with Gasteiger partial charge >= 0.3 is 6.01 Å². The van der Waals surface area contributed by atoms with Crippen molar-refractivity contribution in [2.24, 2.45) is 0 Å². The number of aromatic nitrogens is 2. The number of benzene rings is 1. The van der Waals surface area contributed by atoms with E-state index in [1.54, 1.807) is 0 Å². The van der Waals surface area contributed by atoms with Gasteiger partial charge in [-0.2, -0.15) is 0 Å². The van der Waals surface area contributed by atoms with Gasteiger partial charge in [-0.1, -0.05) is 23.6 Å². The van der Waals surface area contributed by atoms with E-state index in [4.69, 9.17) is 16.0 Å². The smallest absolute Gasteiger partial charge is 0.320 e. The van der Waals surface area contributed by atoms with Crippen molar-refractivity contribution in [1.82, 2.24) is 15.5 Å². The van der Waals surface area contributed by atoms with Crippen LogP contribution in [0.4, 0.5) is 16.1 Å². The lowest BCUT2D eigenvalue weighted by molar-refractivity contribution is 0.424. The topological polar surface area (TPSA) is 63.0 Å². The van der Waals surface area contributed by atoms with Gasteiger partial charge in [-0.15, -0.1) is 5.10 Å². The fourth-order valence-electron chi connectivity index (χ4n) is 1.68. The number of halogens is 3. The Hall–Kier alpha value is -1.18. The van der Waals surface area contributed by atoms with Crippen LogP contribution in [0, 0.1) is 5.82 Å². The summed E-state index contributed by atoms with van der Waals surface area (Å²) in [7, 11) is 0. The van der Waals surface area contributed by atoms with Crippen molar-refractivity contribution < 1.29 is 8.81 Å². The second-order valence-electron chi connectivity index (χ2n) is 4.49. The summed E-state index contributed by atoms with van der Waals surface area (Å²) < 4.78 is 19.2. The van der Waals surface area contributed by atoms with Crippen molar-refractivity contribution in [1.29, 1.82) is 0 Å². The number of hydrogen-bond acceptors (Lipinski definition) is 5. The minimum atomic E-state index is -0.430. The molecule has 114 valence electrons. The average Bonchev–Trinajstić information content (AvgIpc) is 2.89. The molecule has 0 spiro atoms. The standard InChI is InChI=1S/C13H15BrClFN4O/c1-3-4-17-7(2)12-19-20-13(21-12)18-11-9(14)5-8(16)6-10(11)15/h5-7,17H,3-4H2,1-2H3,(H,18,20). The maximum Gasteiger partial charge on any atom is 0.320 e. The summed E-state index contributed by atoms with van der Waals surface area (Å²) in [6, 6.07) is 2.67. The van der Waals surface area contributed by atoms with Crippen LogP contribution in [0.2, 0.25) is 5.02 Å². The Bertz CT molecular complexity index is 599. The van der Waals surface area contributed by atoms with Crippen LogP contribution in [0.5, 0.6) is 0 Å². The molecule has 0 amide bonds. The SMILES string of the molecule is CCCNC(C)c1nnc(Nc2c(Cl)cc(F)cc2Br)o1. The first kappa shape index (κ1) is 16.2. The Morgan fingerprint density at radius 3 is 2.86 bits per heavy atom. The lowest BCUT2D eigenvalue weighted by atomic mass is 10.3. The molecular formula is C13H15BrClFN4O. The maximum absolute atomic E-state index is 13.2. The molecule has 2 N–H and O–H groups in total. The van der Waals surface area contributed by atoms with Gasteiger partial charge in [0, 0.05) is 4.47 Å². The zero-order chi connectivity index (χ0) is 15.4. The van der Waals surface area contributed by atoms with Crippen LogP contribution in [0.3, 0.4) is 0 Å². The van der Waals surface area contributed by atoms with Gasteiger partial charge in [0.15, 0.2) is 0 Å². The number of nitrogens with zero attached hydrogens (tertiary/aromatic N) is 2. The second-order valence-corrected chi connectivity index (χ2v) is 5.75. The minimum Gasteiger partial charge on any atom is -0.406 e. The normalized spacial score (nSPS) is 12.4. The Balaban J connectivity index is 2.13. The highest BCUT2D eigenvalue weighted by Crippen LogP contribution is 2.33. The van der Waals surface area contributed by atoms with Gasteiger partial charge in [-0.25, -0.2) is 4.39 Å². The van der Waals surface area contributed by atoms with E-state index in [1.807, 2.05) is 6.92 Å². The summed E-state index contributed by atoms with van der Waals surface area (Å²) in [6.45, 7) is 4.88. The summed E-state index contributed by atoms with van der Waals surface area (Å²) in [4.78, 5) is 0. The van der Waals surface area contributed by atoms with Gasteiger partial charge in [-0.3, -0.25) is 0 Å². The summed E-state index contributed by atoms with van der Waals surface area (Å²) in [5.74, 6) is 0.0429. The van der Waals surface area contributed by atoms with Crippen LogP contribution in [-0.2, 0) is 0 Å². The first-order valence-corrected chi connectivity index (χ1v) is 7.66. The molecule has 2 rings (SSSR count). The van der Waals surface area contributed by atoms with E-state index in [9.17, 15) is 4.39 Å². The first-order valence-electron chi connectivity index (χ1n) is 6.49. The number of rotatable bonds is 6. The predicted molar refractivity (Wildman–Crippen MR) is 83.4 cm³/mol. The zero-order valence-corrected chi connectivity index (χ0v) is 13.9. The fourth-order valence-corrected chi connectivity index (χ4v) is 2.58. The average molecular weight is 378 g/mol. The number of anilines is 2. The van der Waals surface area contributed by atoms with E-state index in [1.165, 1.54) is 12.1 Å². The Morgan fingerprint density at radius 1 is 1.43 bits per heavy atom. The first-order chi connectivity index (χ1) is 10.0. The summed E-state index contributed by atoms with van der Waals surface area (Å²) >= 11 is 9.22. The van der Waals surface area contributed by atoms with Crippen molar-refractivity contribution in [2.75, 3.05) is 11.9 Å². The van der Waals surface area contributed by atoms with Crippen molar-refractivity contribution in [3.05, 3.63) is 33.3 Å². The molecule has 1 aromatic heterocycles. The van der Waals surface area contributed by atoms with Crippen molar-refractivity contribution in [3.8, 4) is 0 Å². The highest BCUT2D eigenvalue weighted by Gasteiger charge is 2.15. The third-order valence-corrected chi connectivity index (χ3v) is 3.67. The van der Waals surface area contributed by atoms with Crippen LogP contribution >= 0.6 is 27.5 Å². The summed E-state index contributed by atoms with van der Waals surface area (Å²) in [6.07, 6.45) is 1.02. The third kappa shape index (κ3) is 4.15. The van der Waals surface area contributed by atoms with E-state index in [0.717, 1.165) is 13.0 Å². The van der Waals surface area contributed by atoms with Gasteiger partial charge in [-0.05, 0) is 48.0 Å². The van der Waals surface area contributed by atoms with E-state index in [0.29, 0.717) is 16.1 Å². The highest BCUT2D eigenvalue weighted by molar-refractivity contribution is 9.10. The Kier molecular flexibility index (Phi) is 5.55. The molecule has 2 aromatic rings. The molecule has 0 saturated carbocycles. The molecule has 0 aliphatic heterocycles. The lowest BCUT2D eigenvalue weighted by Crippen LogP contribution is -2.19. The molecule has 0 bridgehead atoms. The molecule has 0 aliphatic carbocycles. The van der Waals surface area contributed by atoms with Crippen LogP contribution in [0.25, 0.3) is 0 Å². The molecule has 1 unspecified atom stereocenters. The molecular weight excluding hydrogens is 363 g/mol. The predicted octanol–water partition coefficient (Wildman–Crippen LogP) is 4.43. The van der Waals surface area contributed by atoms with Crippen LogP contribution < -0.4 is 10.6 Å². The lowest BCUT2D eigenvalue weighted by Gasteiger charge is -2.08. The third-order valence-electron chi connectivity index (χ3n) is 2.75. The van der Waals surface area contributed by atoms with Crippen LogP contribution in [-0.4, -0.2) is 16.7 Å². The van der Waals surface area contributed by atoms with Crippen molar-refractivity contribution >= 4 is 39.2 Å². The largest absolute Gasteiger partial charge is 0.406 e. The number of nitrogens with one attached hydrogen (secondary N) is 2. The van der Waals surface area contributed by atoms with Gasteiger partial charge in [0.1, 0.15) is 5.82 Å². The molecule has 1 atom stereocenters.